The van der Waals surface area contributed by atoms with Crippen molar-refractivity contribution in [2.24, 2.45) is 7.05 Å². The van der Waals surface area contributed by atoms with Crippen LogP contribution < -0.4 is 14.8 Å². The van der Waals surface area contributed by atoms with Gasteiger partial charge in [0.15, 0.2) is 5.82 Å². The van der Waals surface area contributed by atoms with E-state index < -0.39 is 22.1 Å². The molecule has 0 atom stereocenters. The molecule has 0 radical (unpaired) electrons. The molecular weight excluding hydrogens is 413 g/mol. The minimum absolute atomic E-state index is 0.0299. The number of nitrogens with one attached hydrogen (secondary N) is 2. The van der Waals surface area contributed by atoms with E-state index in [1.54, 1.807) is 7.05 Å². The molecule has 2 N–H and O–H groups in total. The molecule has 1 aromatic heterocycles. The number of sulfonamides is 1. The molecule has 3 aromatic rings. The summed E-state index contributed by atoms with van der Waals surface area (Å²) in [4.78, 5) is -0.0299. The molecule has 0 saturated carbocycles. The van der Waals surface area contributed by atoms with Crippen LogP contribution in [0.2, 0.25) is 0 Å². The van der Waals surface area contributed by atoms with Crippen LogP contribution in [0.5, 0.6) is 5.75 Å². The van der Waals surface area contributed by atoms with Gasteiger partial charge in [-0.25, -0.2) is 17.8 Å². The highest BCUT2D eigenvalue weighted by Gasteiger charge is 2.31. The van der Waals surface area contributed by atoms with Gasteiger partial charge in [-0.05, 0) is 47.8 Å². The maximum Gasteiger partial charge on any atom is 0.573 e. The molecule has 0 fully saturated rings. The van der Waals surface area contributed by atoms with Gasteiger partial charge in [0.1, 0.15) is 5.75 Å². The van der Waals surface area contributed by atoms with E-state index in [4.69, 9.17) is 0 Å². The lowest BCUT2D eigenvalue weighted by molar-refractivity contribution is -0.274. The molecule has 3 rings (SSSR count). The van der Waals surface area contributed by atoms with Gasteiger partial charge in [-0.1, -0.05) is 6.07 Å². The Morgan fingerprint density at radius 1 is 1.14 bits per heavy atom. The lowest BCUT2D eigenvalue weighted by Crippen LogP contribution is -2.18. The molecule has 0 spiro atoms. The van der Waals surface area contributed by atoms with E-state index in [1.807, 2.05) is 0 Å². The number of benzene rings is 2. The number of aromatic nitrogens is 4. The van der Waals surface area contributed by atoms with Gasteiger partial charge in [0, 0.05) is 30.1 Å². The number of halogens is 3. The molecule has 0 aliphatic rings. The van der Waals surface area contributed by atoms with Crippen LogP contribution in [-0.2, 0) is 17.1 Å². The second kappa shape index (κ2) is 7.67. The normalized spacial score (nSPS) is 12.0. The Bertz CT molecular complexity index is 1130. The largest absolute Gasteiger partial charge is 0.573 e. The number of nitrogens with zero attached hydrogens (tertiary/aromatic N) is 4. The van der Waals surface area contributed by atoms with Gasteiger partial charge in [-0.2, -0.15) is 0 Å². The van der Waals surface area contributed by atoms with Gasteiger partial charge in [0.2, 0.25) is 10.0 Å². The highest BCUT2D eigenvalue weighted by Crippen LogP contribution is 2.32. The number of tetrazole rings is 1. The molecule has 0 amide bonds. The van der Waals surface area contributed by atoms with E-state index in [1.165, 1.54) is 42.1 Å². The van der Waals surface area contributed by atoms with Crippen molar-refractivity contribution in [1.82, 2.24) is 24.9 Å². The van der Waals surface area contributed by atoms with Crippen molar-refractivity contribution in [3.63, 3.8) is 0 Å². The zero-order chi connectivity index (χ0) is 21.2. The van der Waals surface area contributed by atoms with Crippen molar-refractivity contribution in [2.45, 2.75) is 11.3 Å². The van der Waals surface area contributed by atoms with Gasteiger partial charge >= 0.3 is 6.36 Å². The summed E-state index contributed by atoms with van der Waals surface area (Å²) in [5, 5.41) is 14.1. The van der Waals surface area contributed by atoms with Crippen LogP contribution in [0.25, 0.3) is 11.4 Å². The van der Waals surface area contributed by atoms with Crippen LogP contribution in [0.1, 0.15) is 0 Å². The Hall–Kier alpha value is -3.19. The average molecular weight is 428 g/mol. The molecule has 29 heavy (non-hydrogen) atoms. The standard InChI is InChI=1S/C16H15F3N6O3S/c1-20-29(26,27)12-6-7-14(13(9-12)15-22-23-24-25(15)2)21-10-4-3-5-11(8-10)28-16(17,18)19/h3-9,20-21H,1-2H3. The number of hydrogen-bond acceptors (Lipinski definition) is 7. The van der Waals surface area contributed by atoms with Gasteiger partial charge in [-0.3, -0.25) is 0 Å². The Labute approximate surface area is 163 Å². The van der Waals surface area contributed by atoms with Crippen LogP contribution >= 0.6 is 0 Å². The van der Waals surface area contributed by atoms with E-state index in [0.717, 1.165) is 12.1 Å². The summed E-state index contributed by atoms with van der Waals surface area (Å²) in [7, 11) is -0.901. The SMILES string of the molecule is CNS(=O)(=O)c1ccc(Nc2cccc(OC(F)(F)F)c2)c(-c2nnnn2C)c1. The first kappa shape index (κ1) is 20.5. The maximum atomic E-state index is 12.5. The van der Waals surface area contributed by atoms with E-state index in [9.17, 15) is 21.6 Å². The van der Waals surface area contributed by atoms with Gasteiger partial charge in [0.05, 0.1) is 4.90 Å². The molecular formula is C16H15F3N6O3S. The molecule has 0 saturated heterocycles. The Balaban J connectivity index is 2.04. The van der Waals surface area contributed by atoms with E-state index in [-0.39, 0.29) is 16.4 Å². The first-order valence-corrected chi connectivity index (χ1v) is 9.50. The summed E-state index contributed by atoms with van der Waals surface area (Å²) in [6, 6.07) is 9.39. The van der Waals surface area contributed by atoms with Crippen molar-refractivity contribution in [1.29, 1.82) is 0 Å². The minimum atomic E-state index is -4.82. The third-order valence-electron chi connectivity index (χ3n) is 3.78. The number of rotatable bonds is 6. The summed E-state index contributed by atoms with van der Waals surface area (Å²) >= 11 is 0. The Morgan fingerprint density at radius 2 is 1.90 bits per heavy atom. The lowest BCUT2D eigenvalue weighted by Gasteiger charge is -2.14. The first-order valence-electron chi connectivity index (χ1n) is 8.02. The Kier molecular flexibility index (Phi) is 5.44. The molecule has 2 aromatic carbocycles. The van der Waals surface area contributed by atoms with Crippen molar-refractivity contribution >= 4 is 21.4 Å². The number of hydrogen-bond donors (Lipinski definition) is 2. The van der Waals surface area contributed by atoms with Gasteiger partial charge in [-0.15, -0.1) is 18.3 Å². The molecule has 13 heteroatoms. The summed E-state index contributed by atoms with van der Waals surface area (Å²) in [6.45, 7) is 0. The van der Waals surface area contributed by atoms with E-state index >= 15 is 0 Å². The third-order valence-corrected chi connectivity index (χ3v) is 5.19. The van der Waals surface area contributed by atoms with E-state index in [2.05, 4.69) is 30.3 Å². The molecule has 9 nitrogen and oxygen atoms in total. The summed E-state index contributed by atoms with van der Waals surface area (Å²) < 4.78 is 69.1. The number of anilines is 2. The van der Waals surface area contributed by atoms with Crippen LogP contribution in [0.15, 0.2) is 47.4 Å². The molecule has 0 unspecified atom stereocenters. The van der Waals surface area contributed by atoms with Gasteiger partial charge in [0.25, 0.3) is 0 Å². The second-order valence-corrected chi connectivity index (χ2v) is 7.63. The fourth-order valence-corrected chi connectivity index (χ4v) is 3.24. The molecule has 0 aliphatic heterocycles. The zero-order valence-electron chi connectivity index (χ0n) is 15.1. The molecule has 1 heterocycles. The van der Waals surface area contributed by atoms with Gasteiger partial charge < -0.3 is 10.1 Å². The fraction of sp³-hybridized carbons (Fsp3) is 0.188. The lowest BCUT2D eigenvalue weighted by atomic mass is 10.1. The predicted octanol–water partition coefficient (Wildman–Crippen LogP) is 2.43. The highest BCUT2D eigenvalue weighted by molar-refractivity contribution is 7.89. The van der Waals surface area contributed by atoms with Crippen molar-refractivity contribution < 1.29 is 26.3 Å². The molecule has 154 valence electrons. The summed E-state index contributed by atoms with van der Waals surface area (Å²) in [5.74, 6) is -0.151. The summed E-state index contributed by atoms with van der Waals surface area (Å²) in [6.07, 6.45) is -4.82. The second-order valence-electron chi connectivity index (χ2n) is 5.74. The zero-order valence-corrected chi connectivity index (χ0v) is 15.9. The van der Waals surface area contributed by atoms with E-state index in [0.29, 0.717) is 11.3 Å². The van der Waals surface area contributed by atoms with Crippen LogP contribution in [0.4, 0.5) is 24.5 Å². The molecule has 0 aliphatic carbocycles. The van der Waals surface area contributed by atoms with Crippen LogP contribution in [0.3, 0.4) is 0 Å². The quantitative estimate of drug-likeness (QED) is 0.620. The highest BCUT2D eigenvalue weighted by atomic mass is 32.2. The molecule has 0 bridgehead atoms. The monoisotopic (exact) mass is 428 g/mol. The van der Waals surface area contributed by atoms with Crippen molar-refractivity contribution in [3.05, 3.63) is 42.5 Å². The minimum Gasteiger partial charge on any atom is -0.406 e. The number of alkyl halides is 3. The maximum absolute atomic E-state index is 12.5. The third kappa shape index (κ3) is 4.81. The first-order chi connectivity index (χ1) is 13.6. The van der Waals surface area contributed by atoms with Crippen LogP contribution in [0, 0.1) is 0 Å². The Morgan fingerprint density at radius 3 is 2.52 bits per heavy atom. The number of ether oxygens (including phenoxy) is 1. The average Bonchev–Trinajstić information content (AvgIpc) is 3.06. The predicted molar refractivity (Wildman–Crippen MR) is 96.9 cm³/mol. The van der Waals surface area contributed by atoms with Crippen molar-refractivity contribution in [3.8, 4) is 17.1 Å². The fourth-order valence-electron chi connectivity index (χ4n) is 2.49. The topological polar surface area (TPSA) is 111 Å². The smallest absolute Gasteiger partial charge is 0.406 e. The summed E-state index contributed by atoms with van der Waals surface area (Å²) in [5.41, 5.74) is 0.991. The van der Waals surface area contributed by atoms with Crippen LogP contribution in [-0.4, -0.2) is 42.0 Å². The van der Waals surface area contributed by atoms with Crippen molar-refractivity contribution in [2.75, 3.05) is 12.4 Å². The number of aryl methyl sites for hydroxylation is 1.